The van der Waals surface area contributed by atoms with Crippen molar-refractivity contribution in [1.82, 2.24) is 10.2 Å². The van der Waals surface area contributed by atoms with Crippen LogP contribution in [0.2, 0.25) is 0 Å². The van der Waals surface area contributed by atoms with E-state index in [0.29, 0.717) is 17.4 Å². The Morgan fingerprint density at radius 2 is 2.10 bits per heavy atom. The van der Waals surface area contributed by atoms with Gasteiger partial charge in [0.1, 0.15) is 0 Å². The van der Waals surface area contributed by atoms with E-state index in [2.05, 4.69) is 10.2 Å². The molecule has 0 aliphatic rings. The summed E-state index contributed by atoms with van der Waals surface area (Å²) in [6, 6.07) is 0. The van der Waals surface area contributed by atoms with Crippen LogP contribution in [0.3, 0.4) is 0 Å². The second kappa shape index (κ2) is 3.67. The van der Waals surface area contributed by atoms with Gasteiger partial charge < -0.3 is 4.42 Å². The van der Waals surface area contributed by atoms with Gasteiger partial charge in [-0.3, -0.25) is 6.58 Å². The molecule has 1 rings (SSSR count). The fourth-order valence-electron chi connectivity index (χ4n) is 0.456. The van der Waals surface area contributed by atoms with E-state index in [1.165, 1.54) is 0 Å². The van der Waals surface area contributed by atoms with Crippen LogP contribution in [0, 0.1) is 13.5 Å². The maximum atomic E-state index is 5.35. The molecule has 1 aromatic rings. The Bertz CT molecular complexity index is 231. The summed E-state index contributed by atoms with van der Waals surface area (Å²) in [5.41, 5.74) is 0.551. The molecule has 0 bridgehead atoms. The summed E-state index contributed by atoms with van der Waals surface area (Å²) in [4.78, 5) is 0. The third-order valence-electron chi connectivity index (χ3n) is 0.863. The number of aromatic nitrogens is 2. The van der Waals surface area contributed by atoms with Crippen LogP contribution in [0.1, 0.15) is 18.7 Å². The van der Waals surface area contributed by atoms with Gasteiger partial charge in [0.25, 0.3) is 0 Å². The van der Waals surface area contributed by atoms with Gasteiger partial charge >= 0.3 is 0 Å². The van der Waals surface area contributed by atoms with E-state index < -0.39 is 0 Å². The van der Waals surface area contributed by atoms with Gasteiger partial charge in [0.05, 0.1) is 5.89 Å². The zero-order chi connectivity index (χ0) is 6.85. The Morgan fingerprint density at radius 1 is 1.50 bits per heavy atom. The van der Waals surface area contributed by atoms with Gasteiger partial charge in [-0.05, 0) is 0 Å². The molecule has 0 saturated heterocycles. The molecule has 0 fully saturated rings. The first-order valence-corrected chi connectivity index (χ1v) is 2.59. The molecule has 0 aliphatic heterocycles. The second-order valence-corrected chi connectivity index (χ2v) is 1.81. The number of hydrogen-bond acceptors (Lipinski definition) is 3. The van der Waals surface area contributed by atoms with E-state index in [9.17, 15) is 0 Å². The molecule has 0 unspecified atom stereocenters. The molecule has 0 spiro atoms. The van der Waals surface area contributed by atoms with Crippen LogP contribution < -0.4 is 0 Å². The molecule has 0 atom stereocenters. The van der Waals surface area contributed by atoms with Crippen LogP contribution in [-0.4, -0.2) is 10.2 Å². The van der Waals surface area contributed by atoms with Gasteiger partial charge in [-0.2, -0.15) is 5.57 Å². The summed E-state index contributed by atoms with van der Waals surface area (Å²) < 4.78 is 4.96. The fourth-order valence-corrected chi connectivity index (χ4v) is 0.456. The normalized spacial score (nSPS) is 8.60. The SMILES string of the molecule is [CH-]=C(C)c1nnc(C)o1.[W]. The van der Waals surface area contributed by atoms with E-state index in [1.54, 1.807) is 13.8 Å². The van der Waals surface area contributed by atoms with Crippen molar-refractivity contribution in [2.75, 3.05) is 0 Å². The molecule has 0 amide bonds. The first kappa shape index (κ1) is 9.57. The summed E-state index contributed by atoms with van der Waals surface area (Å²) in [6.07, 6.45) is 0. The van der Waals surface area contributed by atoms with Crippen molar-refractivity contribution < 1.29 is 25.5 Å². The molecule has 3 nitrogen and oxygen atoms in total. The van der Waals surface area contributed by atoms with Gasteiger partial charge in [-0.25, -0.2) is 5.10 Å². The van der Waals surface area contributed by atoms with Crippen LogP contribution in [0.25, 0.3) is 5.57 Å². The van der Waals surface area contributed by atoms with Crippen LogP contribution >= 0.6 is 0 Å². The molecule has 0 saturated carbocycles. The Kier molecular flexibility index (Phi) is 3.51. The molecule has 1 aromatic heterocycles. The van der Waals surface area contributed by atoms with E-state index in [-0.39, 0.29) is 21.1 Å². The van der Waals surface area contributed by atoms with Crippen molar-refractivity contribution in [3.05, 3.63) is 18.4 Å². The van der Waals surface area contributed by atoms with E-state index >= 15 is 0 Å². The summed E-state index contributed by atoms with van der Waals surface area (Å²) >= 11 is 0. The second-order valence-electron chi connectivity index (χ2n) is 1.81. The Morgan fingerprint density at radius 3 is 2.30 bits per heavy atom. The molecule has 4 heteroatoms. The minimum Gasteiger partial charge on any atom is -0.514 e. The van der Waals surface area contributed by atoms with E-state index in [0.717, 1.165) is 0 Å². The van der Waals surface area contributed by atoms with Crippen molar-refractivity contribution in [2.24, 2.45) is 0 Å². The van der Waals surface area contributed by atoms with Crippen molar-refractivity contribution in [3.63, 3.8) is 0 Å². The Hall–Kier alpha value is -0.432. The molecule has 1 heterocycles. The third-order valence-corrected chi connectivity index (χ3v) is 0.863. The molecule has 0 radical (unpaired) electrons. The molecule has 54 valence electrons. The van der Waals surface area contributed by atoms with E-state index in [4.69, 9.17) is 11.0 Å². The Labute approximate surface area is 73.8 Å². The van der Waals surface area contributed by atoms with Crippen molar-refractivity contribution >= 4 is 5.57 Å². The molecular weight excluding hydrogens is 300 g/mol. The molecule has 10 heavy (non-hydrogen) atoms. The number of hydrogen-bond donors (Lipinski definition) is 0. The molecular formula is C6H7N2OW-. The first-order chi connectivity index (χ1) is 4.20. The monoisotopic (exact) mass is 307 g/mol. The van der Waals surface area contributed by atoms with Crippen LogP contribution in [0.4, 0.5) is 0 Å². The largest absolute Gasteiger partial charge is 0.514 e. The minimum absolute atomic E-state index is 0. The molecule has 0 N–H and O–H groups in total. The fraction of sp³-hybridized carbons (Fsp3) is 0.333. The summed E-state index contributed by atoms with van der Waals surface area (Å²) in [5, 5.41) is 7.26. The summed E-state index contributed by atoms with van der Waals surface area (Å²) in [7, 11) is 0. The quantitative estimate of drug-likeness (QED) is 0.732. The summed E-state index contributed by atoms with van der Waals surface area (Å²) in [5.74, 6) is 0.947. The maximum Gasteiger partial charge on any atom is 0.192 e. The number of aryl methyl sites for hydroxylation is 1. The van der Waals surface area contributed by atoms with E-state index in [1.807, 2.05) is 0 Å². The molecule has 0 aliphatic carbocycles. The smallest absolute Gasteiger partial charge is 0.192 e. The van der Waals surface area contributed by atoms with Gasteiger partial charge in [-0.15, -0.1) is 5.10 Å². The zero-order valence-corrected chi connectivity index (χ0v) is 8.72. The molecule has 0 aromatic carbocycles. The average molecular weight is 307 g/mol. The minimum atomic E-state index is 0. The predicted octanol–water partition coefficient (Wildman–Crippen LogP) is 1.21. The van der Waals surface area contributed by atoms with Crippen LogP contribution in [-0.2, 0) is 21.1 Å². The number of allylic oxidation sites excluding steroid dienone is 1. The van der Waals surface area contributed by atoms with Gasteiger partial charge in [0.15, 0.2) is 5.89 Å². The standard InChI is InChI=1S/C6H7N2O.W/c1-4(2)6-8-7-5(3)9-6;/h1H,2-3H3;/q-1;. The topological polar surface area (TPSA) is 38.9 Å². The maximum absolute atomic E-state index is 5.35. The van der Waals surface area contributed by atoms with Gasteiger partial charge in [0, 0.05) is 28.0 Å². The van der Waals surface area contributed by atoms with Gasteiger partial charge in [-0.1, -0.05) is 6.92 Å². The van der Waals surface area contributed by atoms with Crippen molar-refractivity contribution in [3.8, 4) is 0 Å². The predicted molar refractivity (Wildman–Crippen MR) is 32.4 cm³/mol. The third kappa shape index (κ3) is 2.07. The first-order valence-electron chi connectivity index (χ1n) is 2.59. The van der Waals surface area contributed by atoms with Crippen molar-refractivity contribution in [1.29, 1.82) is 0 Å². The van der Waals surface area contributed by atoms with Gasteiger partial charge in [0.2, 0.25) is 0 Å². The average Bonchev–Trinajstić information content (AvgIpc) is 2.14. The zero-order valence-electron chi connectivity index (χ0n) is 5.79. The van der Waals surface area contributed by atoms with Crippen molar-refractivity contribution in [2.45, 2.75) is 13.8 Å². The Balaban J connectivity index is 0.000000810. The van der Waals surface area contributed by atoms with Crippen LogP contribution in [0.5, 0.6) is 0 Å². The van der Waals surface area contributed by atoms with Crippen LogP contribution in [0.15, 0.2) is 4.42 Å². The number of nitrogens with zero attached hydrogens (tertiary/aromatic N) is 2. The summed E-state index contributed by atoms with van der Waals surface area (Å²) in [6.45, 7) is 8.78. The number of rotatable bonds is 1.